The van der Waals surface area contributed by atoms with Crippen LogP contribution in [-0.2, 0) is 16.1 Å². The Morgan fingerprint density at radius 3 is 2.74 bits per heavy atom. The van der Waals surface area contributed by atoms with Gasteiger partial charge in [-0.3, -0.25) is 0 Å². The van der Waals surface area contributed by atoms with Crippen molar-refractivity contribution in [2.24, 2.45) is 5.92 Å². The standard InChI is InChI=1S/C16H22O3/c1-12-8-9-15(17)16(18-2)14(12)11-19-10-13-6-4-3-5-7-13/h3-7,14-17H,1,8-11H2,2H3/t14-,15-,16+/m1/s1. The molecule has 104 valence electrons. The summed E-state index contributed by atoms with van der Waals surface area (Å²) in [5, 5.41) is 9.95. The van der Waals surface area contributed by atoms with E-state index in [0.717, 1.165) is 24.0 Å². The van der Waals surface area contributed by atoms with Crippen LogP contribution in [0.3, 0.4) is 0 Å². The molecule has 0 aromatic heterocycles. The van der Waals surface area contributed by atoms with Gasteiger partial charge < -0.3 is 14.6 Å². The van der Waals surface area contributed by atoms with E-state index in [1.807, 2.05) is 30.3 Å². The maximum Gasteiger partial charge on any atom is 0.0917 e. The third-order valence-corrected chi connectivity index (χ3v) is 3.74. The van der Waals surface area contributed by atoms with Crippen molar-refractivity contribution in [2.45, 2.75) is 31.7 Å². The third-order valence-electron chi connectivity index (χ3n) is 3.74. The molecule has 0 spiro atoms. The van der Waals surface area contributed by atoms with Gasteiger partial charge in [0.05, 0.1) is 25.4 Å². The lowest BCUT2D eigenvalue weighted by Gasteiger charge is -2.35. The smallest absolute Gasteiger partial charge is 0.0917 e. The van der Waals surface area contributed by atoms with Gasteiger partial charge in [0.2, 0.25) is 0 Å². The van der Waals surface area contributed by atoms with Gasteiger partial charge in [0.25, 0.3) is 0 Å². The van der Waals surface area contributed by atoms with E-state index >= 15 is 0 Å². The number of ether oxygens (including phenoxy) is 2. The molecular formula is C16H22O3. The van der Waals surface area contributed by atoms with Gasteiger partial charge in [-0.2, -0.15) is 0 Å². The van der Waals surface area contributed by atoms with Gasteiger partial charge in [-0.1, -0.05) is 42.5 Å². The molecule has 19 heavy (non-hydrogen) atoms. The van der Waals surface area contributed by atoms with Crippen LogP contribution in [0.25, 0.3) is 0 Å². The molecule has 0 aliphatic heterocycles. The van der Waals surface area contributed by atoms with Crippen molar-refractivity contribution >= 4 is 0 Å². The fourth-order valence-electron chi connectivity index (χ4n) is 2.60. The maximum atomic E-state index is 9.95. The lowest BCUT2D eigenvalue weighted by molar-refractivity contribution is -0.0735. The van der Waals surface area contributed by atoms with Crippen LogP contribution in [0.4, 0.5) is 0 Å². The number of hydrogen-bond donors (Lipinski definition) is 1. The van der Waals surface area contributed by atoms with Crippen LogP contribution in [0.5, 0.6) is 0 Å². The molecule has 0 saturated heterocycles. The summed E-state index contributed by atoms with van der Waals surface area (Å²) in [6.07, 6.45) is 0.963. The second-order valence-corrected chi connectivity index (χ2v) is 5.07. The third kappa shape index (κ3) is 3.66. The van der Waals surface area contributed by atoms with E-state index in [0.29, 0.717) is 13.2 Å². The average Bonchev–Trinajstić information content (AvgIpc) is 2.44. The summed E-state index contributed by atoms with van der Waals surface area (Å²) in [7, 11) is 1.64. The first kappa shape index (κ1) is 14.3. The van der Waals surface area contributed by atoms with Crippen LogP contribution in [0.15, 0.2) is 42.5 Å². The summed E-state index contributed by atoms with van der Waals surface area (Å²) in [5.74, 6) is 0.0810. The van der Waals surface area contributed by atoms with Crippen LogP contribution < -0.4 is 0 Å². The molecular weight excluding hydrogens is 240 g/mol. The molecule has 1 aromatic rings. The zero-order chi connectivity index (χ0) is 13.7. The Bertz CT molecular complexity index is 402. The highest BCUT2D eigenvalue weighted by atomic mass is 16.5. The molecule has 3 heteroatoms. The van der Waals surface area contributed by atoms with Crippen molar-refractivity contribution in [2.75, 3.05) is 13.7 Å². The van der Waals surface area contributed by atoms with E-state index in [1.54, 1.807) is 7.11 Å². The van der Waals surface area contributed by atoms with E-state index in [1.165, 1.54) is 0 Å². The minimum absolute atomic E-state index is 0.0810. The number of methoxy groups -OCH3 is 1. The number of hydrogen-bond acceptors (Lipinski definition) is 3. The Morgan fingerprint density at radius 2 is 2.05 bits per heavy atom. The topological polar surface area (TPSA) is 38.7 Å². The van der Waals surface area contributed by atoms with Gasteiger partial charge in [0, 0.05) is 13.0 Å². The summed E-state index contributed by atoms with van der Waals surface area (Å²) in [4.78, 5) is 0. The number of rotatable bonds is 5. The zero-order valence-electron chi connectivity index (χ0n) is 11.4. The molecule has 0 amide bonds. The fourth-order valence-corrected chi connectivity index (χ4v) is 2.60. The van der Waals surface area contributed by atoms with Gasteiger partial charge in [-0.25, -0.2) is 0 Å². The summed E-state index contributed by atoms with van der Waals surface area (Å²) in [5.41, 5.74) is 2.27. The first-order valence-corrected chi connectivity index (χ1v) is 6.72. The summed E-state index contributed by atoms with van der Waals surface area (Å²) in [6.45, 7) is 5.21. The Hall–Kier alpha value is -1.16. The molecule has 1 aliphatic rings. The Balaban J connectivity index is 1.87. The van der Waals surface area contributed by atoms with Gasteiger partial charge in [-0.15, -0.1) is 0 Å². The van der Waals surface area contributed by atoms with E-state index in [4.69, 9.17) is 9.47 Å². The molecule has 0 heterocycles. The summed E-state index contributed by atoms with van der Waals surface area (Å²) in [6, 6.07) is 10.1. The molecule has 3 nitrogen and oxygen atoms in total. The van der Waals surface area contributed by atoms with Crippen molar-refractivity contribution in [1.29, 1.82) is 0 Å². The van der Waals surface area contributed by atoms with Crippen LogP contribution in [0, 0.1) is 5.92 Å². The SMILES string of the molecule is C=C1CC[C@@H](O)[C@@H](OC)[C@@H]1COCc1ccccc1. The van der Waals surface area contributed by atoms with E-state index in [-0.39, 0.29) is 12.0 Å². The first-order chi connectivity index (χ1) is 9.22. The van der Waals surface area contributed by atoms with E-state index < -0.39 is 6.10 Å². The van der Waals surface area contributed by atoms with Crippen LogP contribution >= 0.6 is 0 Å². The normalized spacial score (nSPS) is 27.5. The fraction of sp³-hybridized carbons (Fsp3) is 0.500. The van der Waals surface area contributed by atoms with Crippen LogP contribution in [0.2, 0.25) is 0 Å². The highest BCUT2D eigenvalue weighted by molar-refractivity contribution is 5.14. The molecule has 1 aromatic carbocycles. The monoisotopic (exact) mass is 262 g/mol. The van der Waals surface area contributed by atoms with Gasteiger partial charge in [-0.05, 0) is 18.4 Å². The van der Waals surface area contributed by atoms with Gasteiger partial charge >= 0.3 is 0 Å². The molecule has 0 unspecified atom stereocenters. The van der Waals surface area contributed by atoms with Crippen molar-refractivity contribution in [1.82, 2.24) is 0 Å². The van der Waals surface area contributed by atoms with Gasteiger partial charge in [0.1, 0.15) is 0 Å². The number of aliphatic hydroxyl groups is 1. The number of benzene rings is 1. The lowest BCUT2D eigenvalue weighted by Crippen LogP contribution is -2.42. The largest absolute Gasteiger partial charge is 0.390 e. The second-order valence-electron chi connectivity index (χ2n) is 5.07. The molecule has 0 bridgehead atoms. The average molecular weight is 262 g/mol. The molecule has 2 rings (SSSR count). The molecule has 0 radical (unpaired) electrons. The molecule has 1 N–H and O–H groups in total. The molecule has 3 atom stereocenters. The summed E-state index contributed by atoms with van der Waals surface area (Å²) < 4.78 is 11.2. The summed E-state index contributed by atoms with van der Waals surface area (Å²) >= 11 is 0. The molecule has 1 aliphatic carbocycles. The lowest BCUT2D eigenvalue weighted by atomic mass is 9.81. The Morgan fingerprint density at radius 1 is 1.32 bits per heavy atom. The first-order valence-electron chi connectivity index (χ1n) is 6.72. The predicted molar refractivity (Wildman–Crippen MR) is 74.8 cm³/mol. The predicted octanol–water partition coefficient (Wildman–Crippen LogP) is 2.55. The minimum Gasteiger partial charge on any atom is -0.390 e. The van der Waals surface area contributed by atoms with Crippen molar-refractivity contribution in [3.63, 3.8) is 0 Å². The zero-order valence-corrected chi connectivity index (χ0v) is 11.4. The highest BCUT2D eigenvalue weighted by Gasteiger charge is 2.34. The number of aliphatic hydroxyl groups excluding tert-OH is 1. The van der Waals surface area contributed by atoms with Crippen LogP contribution in [-0.4, -0.2) is 31.0 Å². The Labute approximate surface area is 114 Å². The van der Waals surface area contributed by atoms with Crippen LogP contribution in [0.1, 0.15) is 18.4 Å². The second kappa shape index (κ2) is 6.85. The van der Waals surface area contributed by atoms with Gasteiger partial charge in [0.15, 0.2) is 0 Å². The Kier molecular flexibility index (Phi) is 5.14. The molecule has 1 saturated carbocycles. The molecule has 1 fully saturated rings. The quantitative estimate of drug-likeness (QED) is 0.829. The maximum absolute atomic E-state index is 9.95. The van der Waals surface area contributed by atoms with E-state index in [9.17, 15) is 5.11 Å². The van der Waals surface area contributed by atoms with E-state index in [2.05, 4.69) is 6.58 Å². The van der Waals surface area contributed by atoms with Crippen molar-refractivity contribution in [3.05, 3.63) is 48.0 Å². The van der Waals surface area contributed by atoms with Crippen molar-refractivity contribution in [3.8, 4) is 0 Å². The highest BCUT2D eigenvalue weighted by Crippen LogP contribution is 2.31. The minimum atomic E-state index is -0.416. The van der Waals surface area contributed by atoms with Crippen molar-refractivity contribution < 1.29 is 14.6 Å².